The van der Waals surface area contributed by atoms with Crippen LogP contribution in [0.2, 0.25) is 0 Å². The van der Waals surface area contributed by atoms with Gasteiger partial charge in [-0.25, -0.2) is 9.69 Å². The first kappa shape index (κ1) is 18.3. The first-order valence-electron chi connectivity index (χ1n) is 9.69. The Balaban J connectivity index is 1.49. The van der Waals surface area contributed by atoms with Gasteiger partial charge in [-0.15, -0.1) is 0 Å². The Morgan fingerprint density at radius 1 is 1.04 bits per heavy atom. The molecule has 1 aromatic carbocycles. The summed E-state index contributed by atoms with van der Waals surface area (Å²) in [5.74, 6) is -1.09. The van der Waals surface area contributed by atoms with Gasteiger partial charge >= 0.3 is 17.8 Å². The maximum absolute atomic E-state index is 12.7. The van der Waals surface area contributed by atoms with Gasteiger partial charge in [0.1, 0.15) is 6.54 Å². The van der Waals surface area contributed by atoms with Crippen molar-refractivity contribution in [2.45, 2.75) is 58.0 Å². The van der Waals surface area contributed by atoms with Gasteiger partial charge in [0, 0.05) is 11.6 Å². The van der Waals surface area contributed by atoms with E-state index in [9.17, 15) is 14.4 Å². The van der Waals surface area contributed by atoms with Gasteiger partial charge in [-0.2, -0.15) is 4.98 Å². The first-order chi connectivity index (χ1) is 13.6. The molecule has 0 radical (unpaired) electrons. The molecule has 2 fully saturated rings. The second-order valence-corrected chi connectivity index (χ2v) is 7.20. The third-order valence-electron chi connectivity index (χ3n) is 5.41. The minimum atomic E-state index is -0.831. The lowest BCUT2D eigenvalue weighted by Crippen LogP contribution is -2.42. The summed E-state index contributed by atoms with van der Waals surface area (Å²) < 4.78 is 5.21. The number of hydrogen-bond acceptors (Lipinski definition) is 6. The van der Waals surface area contributed by atoms with E-state index in [1.54, 1.807) is 0 Å². The monoisotopic (exact) mass is 382 g/mol. The van der Waals surface area contributed by atoms with Crippen molar-refractivity contribution in [1.82, 2.24) is 19.9 Å². The lowest BCUT2D eigenvalue weighted by Gasteiger charge is -2.28. The predicted octanol–water partition coefficient (Wildman–Crippen LogP) is 2.92. The van der Waals surface area contributed by atoms with Gasteiger partial charge in [-0.1, -0.05) is 55.6 Å². The Labute approximate surface area is 162 Å². The summed E-state index contributed by atoms with van der Waals surface area (Å²) in [4.78, 5) is 43.7. The smallest absolute Gasteiger partial charge is 0.334 e. The van der Waals surface area contributed by atoms with E-state index in [1.165, 1.54) is 5.56 Å². The molecule has 1 saturated carbocycles. The molecular formula is C20H22N4O4. The van der Waals surface area contributed by atoms with Crippen molar-refractivity contribution in [2.75, 3.05) is 0 Å². The van der Waals surface area contributed by atoms with Crippen LogP contribution in [0.3, 0.4) is 0 Å². The zero-order valence-electron chi connectivity index (χ0n) is 15.8. The van der Waals surface area contributed by atoms with Crippen LogP contribution in [0, 0.1) is 0 Å². The third kappa shape index (κ3) is 3.30. The fraction of sp³-hybridized carbons (Fsp3) is 0.450. The van der Waals surface area contributed by atoms with Crippen molar-refractivity contribution >= 4 is 17.8 Å². The van der Waals surface area contributed by atoms with Crippen molar-refractivity contribution in [3.05, 3.63) is 35.7 Å². The summed E-state index contributed by atoms with van der Waals surface area (Å²) in [7, 11) is 0. The van der Waals surface area contributed by atoms with Crippen LogP contribution in [0.5, 0.6) is 0 Å². The van der Waals surface area contributed by atoms with Crippen molar-refractivity contribution in [3.8, 4) is 11.4 Å². The Bertz CT molecular complexity index is 899. The molecule has 1 saturated heterocycles. The van der Waals surface area contributed by atoms with E-state index in [-0.39, 0.29) is 18.5 Å². The molecule has 8 heteroatoms. The van der Waals surface area contributed by atoms with Crippen molar-refractivity contribution in [3.63, 3.8) is 0 Å². The number of imide groups is 2. The molecule has 1 aromatic heterocycles. The Kier molecular flexibility index (Phi) is 4.93. The number of amides is 4. The van der Waals surface area contributed by atoms with Crippen LogP contribution < -0.4 is 0 Å². The summed E-state index contributed by atoms with van der Waals surface area (Å²) in [6.07, 6.45) is 5.44. The Morgan fingerprint density at radius 2 is 1.75 bits per heavy atom. The maximum Gasteiger partial charge on any atom is 0.334 e. The predicted molar refractivity (Wildman–Crippen MR) is 98.8 cm³/mol. The summed E-state index contributed by atoms with van der Waals surface area (Å²) in [5, 5.41) is 3.93. The van der Waals surface area contributed by atoms with Crippen LogP contribution in [0.1, 0.15) is 50.5 Å². The fourth-order valence-electron chi connectivity index (χ4n) is 3.78. The van der Waals surface area contributed by atoms with Crippen molar-refractivity contribution in [1.29, 1.82) is 0 Å². The summed E-state index contributed by atoms with van der Waals surface area (Å²) in [6, 6.07) is 6.98. The third-order valence-corrected chi connectivity index (χ3v) is 5.41. The number of hydrogen-bond donors (Lipinski definition) is 0. The van der Waals surface area contributed by atoms with E-state index in [4.69, 9.17) is 4.52 Å². The number of aryl methyl sites for hydroxylation is 1. The summed E-state index contributed by atoms with van der Waals surface area (Å²) >= 11 is 0. The number of nitrogens with zero attached hydrogens (tertiary/aromatic N) is 4. The highest BCUT2D eigenvalue weighted by molar-refractivity contribution is 6.44. The molecule has 2 heterocycles. The number of carbonyl (C=O) groups is 3. The van der Waals surface area contributed by atoms with E-state index in [1.807, 2.05) is 24.3 Å². The van der Waals surface area contributed by atoms with Gasteiger partial charge in [-0.05, 0) is 24.8 Å². The molecule has 1 aliphatic carbocycles. The Hall–Kier alpha value is -3.03. The van der Waals surface area contributed by atoms with Crippen LogP contribution in [-0.2, 0) is 22.6 Å². The molecule has 1 aliphatic heterocycles. The Morgan fingerprint density at radius 3 is 2.43 bits per heavy atom. The lowest BCUT2D eigenvalue weighted by atomic mass is 9.94. The van der Waals surface area contributed by atoms with Crippen LogP contribution in [0.15, 0.2) is 28.8 Å². The lowest BCUT2D eigenvalue weighted by molar-refractivity contribution is -0.144. The van der Waals surface area contributed by atoms with E-state index in [0.29, 0.717) is 5.82 Å². The quantitative estimate of drug-likeness (QED) is 0.583. The molecule has 4 rings (SSSR count). The van der Waals surface area contributed by atoms with E-state index in [0.717, 1.165) is 53.9 Å². The molecule has 2 aromatic rings. The molecule has 2 aliphatic rings. The van der Waals surface area contributed by atoms with Crippen LogP contribution >= 0.6 is 0 Å². The molecule has 28 heavy (non-hydrogen) atoms. The number of urea groups is 1. The van der Waals surface area contributed by atoms with Crippen molar-refractivity contribution < 1.29 is 18.9 Å². The van der Waals surface area contributed by atoms with Gasteiger partial charge < -0.3 is 4.52 Å². The topological polar surface area (TPSA) is 96.6 Å². The highest BCUT2D eigenvalue weighted by atomic mass is 16.5. The maximum atomic E-state index is 12.7. The normalized spacial score (nSPS) is 18.4. The highest BCUT2D eigenvalue weighted by Gasteiger charge is 2.48. The molecule has 146 valence electrons. The molecule has 8 nitrogen and oxygen atoms in total. The molecule has 0 unspecified atom stereocenters. The first-order valence-corrected chi connectivity index (χ1v) is 9.69. The second-order valence-electron chi connectivity index (χ2n) is 7.20. The van der Waals surface area contributed by atoms with E-state index < -0.39 is 17.8 Å². The van der Waals surface area contributed by atoms with Gasteiger partial charge in [-0.3, -0.25) is 14.5 Å². The van der Waals surface area contributed by atoms with Crippen LogP contribution in [-0.4, -0.2) is 43.8 Å². The summed E-state index contributed by atoms with van der Waals surface area (Å²) in [6.45, 7) is 1.87. The largest absolute Gasteiger partial charge is 0.337 e. The summed E-state index contributed by atoms with van der Waals surface area (Å²) in [5.41, 5.74) is 1.98. The zero-order valence-corrected chi connectivity index (χ0v) is 15.8. The highest BCUT2D eigenvalue weighted by Crippen LogP contribution is 2.27. The average molecular weight is 382 g/mol. The van der Waals surface area contributed by atoms with Crippen molar-refractivity contribution in [2.24, 2.45) is 0 Å². The van der Waals surface area contributed by atoms with Gasteiger partial charge in [0.05, 0.1) is 0 Å². The molecule has 0 N–H and O–H groups in total. The molecule has 0 spiro atoms. The minimum absolute atomic E-state index is 0.120. The minimum Gasteiger partial charge on any atom is -0.337 e. The van der Waals surface area contributed by atoms with Crippen LogP contribution in [0.25, 0.3) is 11.4 Å². The molecule has 0 atom stereocenters. The van der Waals surface area contributed by atoms with Gasteiger partial charge in [0.2, 0.25) is 11.7 Å². The van der Waals surface area contributed by atoms with Gasteiger partial charge in [0.15, 0.2) is 0 Å². The van der Waals surface area contributed by atoms with Crippen LogP contribution in [0.4, 0.5) is 4.79 Å². The average Bonchev–Trinajstić information content (AvgIpc) is 3.28. The second kappa shape index (κ2) is 7.53. The number of aromatic nitrogens is 2. The number of rotatable bonds is 5. The molecular weight excluding hydrogens is 360 g/mol. The van der Waals surface area contributed by atoms with Gasteiger partial charge in [0.25, 0.3) is 0 Å². The van der Waals surface area contributed by atoms with E-state index in [2.05, 4.69) is 17.1 Å². The zero-order chi connectivity index (χ0) is 19.7. The SMILES string of the molecule is CCc1ccc(-c2noc(CN3C(=O)C(=O)N(C4CCCCC4)C3=O)n2)cc1. The van der Waals surface area contributed by atoms with E-state index >= 15 is 0 Å². The molecule has 4 amide bonds. The fourth-order valence-corrected chi connectivity index (χ4v) is 3.78. The number of benzene rings is 1. The standard InChI is InChI=1S/C20H22N4O4/c1-2-13-8-10-14(11-9-13)17-21-16(28-22-17)12-23-18(25)19(26)24(20(23)27)15-6-4-3-5-7-15/h8-11,15H,2-7,12H2,1H3. The molecule has 0 bridgehead atoms. The number of carbonyl (C=O) groups excluding carboxylic acids is 3.